The van der Waals surface area contributed by atoms with Gasteiger partial charge >= 0.3 is 0 Å². The van der Waals surface area contributed by atoms with Crippen molar-refractivity contribution in [3.63, 3.8) is 0 Å². The molecule has 23 heavy (non-hydrogen) atoms. The van der Waals surface area contributed by atoms with Crippen LogP contribution in [0.4, 0.5) is 0 Å². The SMILES string of the molecule is CC(C)NC(=O)[C@@H]1C[C@@H](NCc2ccccc2Cl)CN1C(C)C. The number of carbonyl (C=O) groups is 1. The van der Waals surface area contributed by atoms with E-state index in [1.807, 2.05) is 38.1 Å². The number of halogens is 1. The quantitative estimate of drug-likeness (QED) is 0.839. The second-order valence-corrected chi connectivity index (χ2v) is 7.28. The molecule has 1 heterocycles. The normalized spacial score (nSPS) is 22.0. The molecule has 1 aromatic carbocycles. The monoisotopic (exact) mass is 337 g/mol. The zero-order valence-electron chi connectivity index (χ0n) is 14.5. The summed E-state index contributed by atoms with van der Waals surface area (Å²) >= 11 is 6.21. The largest absolute Gasteiger partial charge is 0.353 e. The Morgan fingerprint density at radius 3 is 2.61 bits per heavy atom. The molecule has 0 bridgehead atoms. The number of benzene rings is 1. The Bertz CT molecular complexity index is 533. The summed E-state index contributed by atoms with van der Waals surface area (Å²) in [6.45, 7) is 9.91. The third-order valence-electron chi connectivity index (χ3n) is 4.28. The van der Waals surface area contributed by atoms with Crippen molar-refractivity contribution >= 4 is 17.5 Å². The third-order valence-corrected chi connectivity index (χ3v) is 4.64. The summed E-state index contributed by atoms with van der Waals surface area (Å²) < 4.78 is 0. The number of likely N-dealkylation sites (tertiary alicyclic amines) is 1. The molecule has 5 heteroatoms. The first kappa shape index (κ1) is 18.2. The maximum absolute atomic E-state index is 12.4. The molecule has 128 valence electrons. The van der Waals surface area contributed by atoms with Gasteiger partial charge in [0.2, 0.25) is 5.91 Å². The number of carbonyl (C=O) groups excluding carboxylic acids is 1. The van der Waals surface area contributed by atoms with Gasteiger partial charge in [0.25, 0.3) is 0 Å². The van der Waals surface area contributed by atoms with Gasteiger partial charge in [0, 0.05) is 36.2 Å². The summed E-state index contributed by atoms with van der Waals surface area (Å²) in [4.78, 5) is 14.7. The van der Waals surface area contributed by atoms with Crippen molar-refractivity contribution in [2.45, 2.75) is 64.8 Å². The van der Waals surface area contributed by atoms with Crippen LogP contribution < -0.4 is 10.6 Å². The number of nitrogens with one attached hydrogen (secondary N) is 2. The molecule has 1 aromatic rings. The Morgan fingerprint density at radius 1 is 1.30 bits per heavy atom. The molecular weight excluding hydrogens is 310 g/mol. The molecule has 0 saturated carbocycles. The Hall–Kier alpha value is -1.10. The lowest BCUT2D eigenvalue weighted by Gasteiger charge is -2.27. The predicted molar refractivity (Wildman–Crippen MR) is 95.6 cm³/mol. The van der Waals surface area contributed by atoms with E-state index < -0.39 is 0 Å². The molecule has 1 aliphatic rings. The minimum absolute atomic E-state index is 0.0545. The fourth-order valence-corrected chi connectivity index (χ4v) is 3.32. The lowest BCUT2D eigenvalue weighted by Crippen LogP contribution is -2.47. The first-order valence-electron chi connectivity index (χ1n) is 8.41. The number of rotatable bonds is 6. The molecule has 0 unspecified atom stereocenters. The van der Waals surface area contributed by atoms with E-state index in [-0.39, 0.29) is 18.0 Å². The summed E-state index contributed by atoms with van der Waals surface area (Å²) in [6.07, 6.45) is 0.835. The van der Waals surface area contributed by atoms with E-state index in [0.29, 0.717) is 12.1 Å². The van der Waals surface area contributed by atoms with Crippen LogP contribution in [0.15, 0.2) is 24.3 Å². The molecule has 0 aromatic heterocycles. The molecule has 2 N–H and O–H groups in total. The Morgan fingerprint density at radius 2 is 2.00 bits per heavy atom. The Labute approximate surface area is 144 Å². The zero-order chi connectivity index (χ0) is 17.0. The van der Waals surface area contributed by atoms with Gasteiger partial charge in [-0.1, -0.05) is 29.8 Å². The number of hydrogen-bond acceptors (Lipinski definition) is 3. The van der Waals surface area contributed by atoms with E-state index in [4.69, 9.17) is 11.6 Å². The van der Waals surface area contributed by atoms with Crippen LogP contribution in [0.3, 0.4) is 0 Å². The first-order chi connectivity index (χ1) is 10.9. The Balaban J connectivity index is 1.97. The van der Waals surface area contributed by atoms with E-state index in [0.717, 1.165) is 30.1 Å². The van der Waals surface area contributed by atoms with Gasteiger partial charge < -0.3 is 10.6 Å². The summed E-state index contributed by atoms with van der Waals surface area (Å²) in [6, 6.07) is 8.65. The van der Waals surface area contributed by atoms with Gasteiger partial charge in [0.1, 0.15) is 0 Å². The van der Waals surface area contributed by atoms with E-state index in [1.54, 1.807) is 0 Å². The van der Waals surface area contributed by atoms with Gasteiger partial charge in [0.05, 0.1) is 6.04 Å². The number of nitrogens with zero attached hydrogens (tertiary/aromatic N) is 1. The van der Waals surface area contributed by atoms with Crippen LogP contribution >= 0.6 is 11.6 Å². The molecule has 1 fully saturated rings. The van der Waals surface area contributed by atoms with Crippen LogP contribution in [0.1, 0.15) is 39.7 Å². The van der Waals surface area contributed by atoms with Gasteiger partial charge in [-0.25, -0.2) is 0 Å². The van der Waals surface area contributed by atoms with Crippen molar-refractivity contribution in [2.75, 3.05) is 6.54 Å². The molecular formula is C18H28ClN3O. The smallest absolute Gasteiger partial charge is 0.237 e. The highest BCUT2D eigenvalue weighted by Crippen LogP contribution is 2.22. The first-order valence-corrected chi connectivity index (χ1v) is 8.79. The van der Waals surface area contributed by atoms with E-state index >= 15 is 0 Å². The van der Waals surface area contributed by atoms with E-state index in [9.17, 15) is 4.79 Å². The lowest BCUT2D eigenvalue weighted by molar-refractivity contribution is -0.126. The fraction of sp³-hybridized carbons (Fsp3) is 0.611. The van der Waals surface area contributed by atoms with Gasteiger partial charge in [-0.05, 0) is 45.7 Å². The summed E-state index contributed by atoms with van der Waals surface area (Å²) in [5.74, 6) is 0.135. The number of amides is 1. The van der Waals surface area contributed by atoms with Gasteiger partial charge in [-0.15, -0.1) is 0 Å². The molecule has 2 atom stereocenters. The number of hydrogen-bond donors (Lipinski definition) is 2. The average Bonchev–Trinajstić information content (AvgIpc) is 2.90. The van der Waals surface area contributed by atoms with E-state index in [1.165, 1.54) is 0 Å². The molecule has 0 radical (unpaired) electrons. The molecule has 0 spiro atoms. The molecule has 1 amide bonds. The average molecular weight is 338 g/mol. The standard InChI is InChI=1S/C18H28ClN3O/c1-12(2)21-18(23)17-9-15(11-22(17)13(3)4)20-10-14-7-5-6-8-16(14)19/h5-8,12-13,15,17,20H,9-11H2,1-4H3,(H,21,23)/t15-,17+/m1/s1. The minimum Gasteiger partial charge on any atom is -0.353 e. The van der Waals surface area contributed by atoms with Crippen LogP contribution in [-0.2, 0) is 11.3 Å². The Kier molecular flexibility index (Phi) is 6.45. The van der Waals surface area contributed by atoms with Gasteiger partial charge in [-0.3, -0.25) is 9.69 Å². The van der Waals surface area contributed by atoms with Crippen molar-refractivity contribution in [3.8, 4) is 0 Å². The highest BCUT2D eigenvalue weighted by Gasteiger charge is 2.37. The highest BCUT2D eigenvalue weighted by molar-refractivity contribution is 6.31. The van der Waals surface area contributed by atoms with Crippen molar-refractivity contribution in [3.05, 3.63) is 34.9 Å². The molecule has 4 nitrogen and oxygen atoms in total. The molecule has 2 rings (SSSR count). The van der Waals surface area contributed by atoms with Gasteiger partial charge in [0.15, 0.2) is 0 Å². The van der Waals surface area contributed by atoms with Crippen molar-refractivity contribution in [2.24, 2.45) is 0 Å². The molecule has 1 aliphatic heterocycles. The van der Waals surface area contributed by atoms with Crippen molar-refractivity contribution in [1.29, 1.82) is 0 Å². The van der Waals surface area contributed by atoms with Crippen LogP contribution in [0, 0.1) is 0 Å². The maximum Gasteiger partial charge on any atom is 0.237 e. The fourth-order valence-electron chi connectivity index (χ4n) is 3.11. The third kappa shape index (κ3) is 4.93. The van der Waals surface area contributed by atoms with Crippen molar-refractivity contribution in [1.82, 2.24) is 15.5 Å². The topological polar surface area (TPSA) is 44.4 Å². The highest BCUT2D eigenvalue weighted by atomic mass is 35.5. The van der Waals surface area contributed by atoms with Crippen LogP contribution in [0.5, 0.6) is 0 Å². The van der Waals surface area contributed by atoms with Crippen LogP contribution in [-0.4, -0.2) is 41.5 Å². The summed E-state index contributed by atoms with van der Waals surface area (Å²) in [7, 11) is 0. The lowest BCUT2D eigenvalue weighted by atomic mass is 10.1. The molecule has 1 saturated heterocycles. The van der Waals surface area contributed by atoms with Crippen molar-refractivity contribution < 1.29 is 4.79 Å². The van der Waals surface area contributed by atoms with E-state index in [2.05, 4.69) is 29.4 Å². The second kappa shape index (κ2) is 8.13. The maximum atomic E-state index is 12.4. The predicted octanol–water partition coefficient (Wildman–Crippen LogP) is 2.81. The summed E-state index contributed by atoms with van der Waals surface area (Å²) in [5, 5.41) is 7.38. The van der Waals surface area contributed by atoms with Crippen LogP contribution in [0.25, 0.3) is 0 Å². The van der Waals surface area contributed by atoms with Gasteiger partial charge in [-0.2, -0.15) is 0 Å². The van der Waals surface area contributed by atoms with Crippen LogP contribution in [0.2, 0.25) is 5.02 Å². The molecule has 0 aliphatic carbocycles. The summed E-state index contributed by atoms with van der Waals surface area (Å²) in [5.41, 5.74) is 1.10. The second-order valence-electron chi connectivity index (χ2n) is 6.87. The zero-order valence-corrected chi connectivity index (χ0v) is 15.2. The minimum atomic E-state index is -0.0545.